The molecule has 1 aromatic rings. The van der Waals surface area contributed by atoms with Gasteiger partial charge >= 0.3 is 0 Å². The van der Waals surface area contributed by atoms with E-state index in [1.165, 1.54) is 22.6 Å². The molecule has 0 fully saturated rings. The number of hydrogen-bond donors (Lipinski definition) is 1. The van der Waals surface area contributed by atoms with Crippen LogP contribution in [0.4, 0.5) is 0 Å². The average Bonchev–Trinajstić information content (AvgIpc) is 2.42. The van der Waals surface area contributed by atoms with Crippen molar-refractivity contribution in [1.82, 2.24) is 10.3 Å². The lowest BCUT2D eigenvalue weighted by atomic mass is 10.2. The van der Waals surface area contributed by atoms with Gasteiger partial charge in [0, 0.05) is 32.1 Å². The van der Waals surface area contributed by atoms with Crippen molar-refractivity contribution < 1.29 is 4.74 Å². The number of nitrogens with one attached hydrogen (secondary N) is 1. The number of rotatable bonds is 9. The van der Waals surface area contributed by atoms with Crippen molar-refractivity contribution >= 4 is 11.8 Å². The summed E-state index contributed by atoms with van der Waals surface area (Å²) in [6.07, 6.45) is 3.21. The Morgan fingerprint density at radius 3 is 2.89 bits per heavy atom. The van der Waals surface area contributed by atoms with Gasteiger partial charge in [-0.1, -0.05) is 26.3 Å². The molecule has 19 heavy (non-hydrogen) atoms. The monoisotopic (exact) mass is 282 g/mol. The van der Waals surface area contributed by atoms with Gasteiger partial charge in [0.1, 0.15) is 0 Å². The number of aromatic nitrogens is 1. The lowest BCUT2D eigenvalue weighted by molar-refractivity contribution is 0.199. The predicted octanol–water partition coefficient (Wildman–Crippen LogP) is 3.26. The first-order chi connectivity index (χ1) is 9.17. The van der Waals surface area contributed by atoms with Gasteiger partial charge in [-0.05, 0) is 24.0 Å². The maximum atomic E-state index is 5.01. The Labute approximate surface area is 121 Å². The Morgan fingerprint density at radius 1 is 1.47 bits per heavy atom. The first-order valence-electron chi connectivity index (χ1n) is 6.95. The lowest BCUT2D eigenvalue weighted by Crippen LogP contribution is -2.18. The van der Waals surface area contributed by atoms with Crippen molar-refractivity contribution in [2.75, 3.05) is 26.0 Å². The highest BCUT2D eigenvalue weighted by Crippen LogP contribution is 2.23. The lowest BCUT2D eigenvalue weighted by Gasteiger charge is -2.10. The zero-order valence-electron chi connectivity index (χ0n) is 12.5. The van der Waals surface area contributed by atoms with Gasteiger partial charge in [0.2, 0.25) is 0 Å². The van der Waals surface area contributed by atoms with E-state index in [0.717, 1.165) is 31.4 Å². The van der Waals surface area contributed by atoms with E-state index in [4.69, 9.17) is 4.74 Å². The second-order valence-electron chi connectivity index (χ2n) is 4.96. The quantitative estimate of drug-likeness (QED) is 0.557. The normalized spacial score (nSPS) is 12.6. The van der Waals surface area contributed by atoms with Crippen LogP contribution >= 0.6 is 11.8 Å². The van der Waals surface area contributed by atoms with Crippen LogP contribution < -0.4 is 5.32 Å². The first-order valence-corrected chi connectivity index (χ1v) is 7.93. The van der Waals surface area contributed by atoms with Gasteiger partial charge in [0.25, 0.3) is 0 Å². The van der Waals surface area contributed by atoms with Crippen molar-refractivity contribution in [3.63, 3.8) is 0 Å². The van der Waals surface area contributed by atoms with Crippen molar-refractivity contribution in [1.29, 1.82) is 0 Å². The summed E-state index contributed by atoms with van der Waals surface area (Å²) >= 11 is 1.87. The maximum absolute atomic E-state index is 5.01. The second kappa shape index (κ2) is 9.34. The molecule has 0 aliphatic rings. The summed E-state index contributed by atoms with van der Waals surface area (Å²) < 4.78 is 5.01. The molecule has 1 atom stereocenters. The Balaban J connectivity index is 2.45. The fraction of sp³-hybridized carbons (Fsp3) is 0.667. The molecular weight excluding hydrogens is 256 g/mol. The Kier molecular flexibility index (Phi) is 8.10. The highest BCUT2D eigenvalue weighted by atomic mass is 32.2. The molecular formula is C15H26N2OS. The van der Waals surface area contributed by atoms with Crippen molar-refractivity contribution in [3.8, 4) is 0 Å². The van der Waals surface area contributed by atoms with Gasteiger partial charge in [0.05, 0.1) is 11.6 Å². The van der Waals surface area contributed by atoms with Gasteiger partial charge in [0.15, 0.2) is 0 Å². The van der Waals surface area contributed by atoms with E-state index in [1.807, 2.05) is 18.0 Å². The van der Waals surface area contributed by atoms with Crippen molar-refractivity contribution in [2.24, 2.45) is 5.92 Å². The van der Waals surface area contributed by atoms with Gasteiger partial charge in [-0.15, -0.1) is 11.8 Å². The van der Waals surface area contributed by atoms with Crippen LogP contribution in [-0.2, 0) is 11.3 Å². The number of pyridine rings is 1. The molecule has 1 unspecified atom stereocenters. The average molecular weight is 282 g/mol. The minimum absolute atomic E-state index is 0.745. The largest absolute Gasteiger partial charge is 0.383 e. The van der Waals surface area contributed by atoms with E-state index in [-0.39, 0.29) is 0 Å². The molecule has 1 rings (SSSR count). The summed E-state index contributed by atoms with van der Waals surface area (Å²) in [5.74, 6) is 1.90. The molecule has 0 aromatic carbocycles. The molecule has 1 heterocycles. The molecule has 1 aromatic heterocycles. The van der Waals surface area contributed by atoms with Crippen LogP contribution in [0.15, 0.2) is 17.3 Å². The molecule has 108 valence electrons. The Hall–Kier alpha value is -0.580. The molecule has 3 nitrogen and oxygen atoms in total. The van der Waals surface area contributed by atoms with Crippen LogP contribution in [0.3, 0.4) is 0 Å². The van der Waals surface area contributed by atoms with Gasteiger partial charge in [-0.25, -0.2) is 4.98 Å². The number of thioether (sulfide) groups is 1. The molecule has 1 N–H and O–H groups in total. The predicted molar refractivity (Wildman–Crippen MR) is 82.7 cm³/mol. The highest BCUT2D eigenvalue weighted by molar-refractivity contribution is 7.99. The number of nitrogens with zero attached hydrogens (tertiary/aromatic N) is 1. The third-order valence-corrected chi connectivity index (χ3v) is 4.54. The molecule has 0 radical (unpaired) electrons. The Morgan fingerprint density at radius 2 is 2.26 bits per heavy atom. The van der Waals surface area contributed by atoms with E-state index in [0.29, 0.717) is 0 Å². The van der Waals surface area contributed by atoms with Crippen LogP contribution in [0.25, 0.3) is 0 Å². The van der Waals surface area contributed by atoms with Crippen molar-refractivity contribution in [2.45, 2.75) is 38.8 Å². The van der Waals surface area contributed by atoms with Crippen LogP contribution in [-0.4, -0.2) is 31.0 Å². The van der Waals surface area contributed by atoms with Gasteiger partial charge in [-0.3, -0.25) is 0 Å². The van der Waals surface area contributed by atoms with E-state index >= 15 is 0 Å². The van der Waals surface area contributed by atoms with Crippen LogP contribution in [0.1, 0.15) is 31.4 Å². The fourth-order valence-corrected chi connectivity index (χ4v) is 2.71. The minimum Gasteiger partial charge on any atom is -0.383 e. The summed E-state index contributed by atoms with van der Waals surface area (Å²) in [5.41, 5.74) is 2.51. The van der Waals surface area contributed by atoms with Crippen molar-refractivity contribution in [3.05, 3.63) is 23.4 Å². The smallest absolute Gasteiger partial charge is 0.0989 e. The molecule has 0 aliphatic heterocycles. The molecule has 0 bridgehead atoms. The second-order valence-corrected chi connectivity index (χ2v) is 5.97. The molecule has 0 aliphatic carbocycles. The zero-order valence-corrected chi connectivity index (χ0v) is 13.3. The molecule has 0 saturated carbocycles. The standard InChI is InChI=1S/C15H26N2OS/c1-5-12(2)11-19-15-13(3)8-14(10-17-15)9-16-6-7-18-4/h8,10,12,16H,5-7,9,11H2,1-4H3. The van der Waals surface area contributed by atoms with E-state index in [2.05, 4.69) is 37.1 Å². The summed E-state index contributed by atoms with van der Waals surface area (Å²) in [5, 5.41) is 4.50. The first kappa shape index (κ1) is 16.5. The molecule has 0 spiro atoms. The van der Waals surface area contributed by atoms with E-state index < -0.39 is 0 Å². The van der Waals surface area contributed by atoms with Crippen LogP contribution in [0.5, 0.6) is 0 Å². The number of aryl methyl sites for hydroxylation is 1. The number of hydrogen-bond acceptors (Lipinski definition) is 4. The van der Waals surface area contributed by atoms with Crippen LogP contribution in [0, 0.1) is 12.8 Å². The number of methoxy groups -OCH3 is 1. The molecule has 0 saturated heterocycles. The summed E-state index contributed by atoms with van der Waals surface area (Å²) in [6, 6.07) is 2.23. The van der Waals surface area contributed by atoms with E-state index in [9.17, 15) is 0 Å². The fourth-order valence-electron chi connectivity index (χ4n) is 1.61. The minimum atomic E-state index is 0.745. The number of ether oxygens (including phenoxy) is 1. The van der Waals surface area contributed by atoms with Gasteiger partial charge < -0.3 is 10.1 Å². The van der Waals surface area contributed by atoms with E-state index in [1.54, 1.807) is 7.11 Å². The SMILES string of the molecule is CCC(C)CSc1ncc(CNCCOC)cc1C. The summed E-state index contributed by atoms with van der Waals surface area (Å²) in [4.78, 5) is 4.58. The summed E-state index contributed by atoms with van der Waals surface area (Å²) in [6.45, 7) is 9.14. The third kappa shape index (κ3) is 6.41. The maximum Gasteiger partial charge on any atom is 0.0989 e. The third-order valence-electron chi connectivity index (χ3n) is 3.10. The van der Waals surface area contributed by atoms with Crippen LogP contribution in [0.2, 0.25) is 0 Å². The van der Waals surface area contributed by atoms with Gasteiger partial charge in [-0.2, -0.15) is 0 Å². The molecule has 4 heteroatoms. The topological polar surface area (TPSA) is 34.2 Å². The Bertz CT molecular complexity index is 371. The zero-order chi connectivity index (χ0) is 14.1. The highest BCUT2D eigenvalue weighted by Gasteiger charge is 2.05. The molecule has 0 amide bonds. The summed E-state index contributed by atoms with van der Waals surface area (Å²) in [7, 11) is 1.72.